The Morgan fingerprint density at radius 2 is 1.76 bits per heavy atom. The Labute approximate surface area is 128 Å². The van der Waals surface area contributed by atoms with Crippen LogP contribution in [0.3, 0.4) is 0 Å². The van der Waals surface area contributed by atoms with E-state index in [0.717, 1.165) is 38.8 Å². The summed E-state index contributed by atoms with van der Waals surface area (Å²) in [5.41, 5.74) is 0. The summed E-state index contributed by atoms with van der Waals surface area (Å²) in [6.45, 7) is 1.95. The number of likely N-dealkylation sites (N-methyl/N-ethyl adjacent to an activating group) is 2. The van der Waals surface area contributed by atoms with Gasteiger partial charge in [0.2, 0.25) is 11.8 Å². The molecule has 0 aromatic carbocycles. The molecule has 1 saturated heterocycles. The molecule has 1 atom stereocenters. The molecule has 120 valence electrons. The molecule has 2 aliphatic rings. The maximum atomic E-state index is 12.4. The van der Waals surface area contributed by atoms with Gasteiger partial charge < -0.3 is 15.1 Å². The molecule has 1 unspecified atom stereocenters. The first-order chi connectivity index (χ1) is 10.1. The van der Waals surface area contributed by atoms with Gasteiger partial charge in [0.1, 0.15) is 0 Å². The fourth-order valence-electron chi connectivity index (χ4n) is 3.44. The molecular weight excluding hydrogens is 266 g/mol. The van der Waals surface area contributed by atoms with Crippen LogP contribution in [0.2, 0.25) is 0 Å². The summed E-state index contributed by atoms with van der Waals surface area (Å²) in [6, 6.07) is 0.367. The summed E-state index contributed by atoms with van der Waals surface area (Å²) in [7, 11) is 3.64. The Hall–Kier alpha value is -1.10. The van der Waals surface area contributed by atoms with Crippen molar-refractivity contribution in [1.82, 2.24) is 15.1 Å². The van der Waals surface area contributed by atoms with Crippen molar-refractivity contribution >= 4 is 11.8 Å². The number of amides is 2. The van der Waals surface area contributed by atoms with Gasteiger partial charge in [-0.05, 0) is 32.2 Å². The van der Waals surface area contributed by atoms with Crippen molar-refractivity contribution in [2.45, 2.75) is 51.0 Å². The van der Waals surface area contributed by atoms with Gasteiger partial charge in [0.25, 0.3) is 0 Å². The van der Waals surface area contributed by atoms with E-state index in [2.05, 4.69) is 5.32 Å². The molecule has 0 radical (unpaired) electrons. The fraction of sp³-hybridized carbons (Fsp3) is 0.875. The molecule has 1 saturated carbocycles. The zero-order chi connectivity index (χ0) is 15.2. The summed E-state index contributed by atoms with van der Waals surface area (Å²) in [6.07, 6.45) is 7.89. The van der Waals surface area contributed by atoms with E-state index in [4.69, 9.17) is 0 Å². The van der Waals surface area contributed by atoms with Gasteiger partial charge in [-0.3, -0.25) is 9.59 Å². The summed E-state index contributed by atoms with van der Waals surface area (Å²) in [4.78, 5) is 28.2. The van der Waals surface area contributed by atoms with Crippen molar-refractivity contribution < 1.29 is 9.59 Å². The molecule has 0 aromatic rings. The smallest absolute Gasteiger partial charge is 0.242 e. The summed E-state index contributed by atoms with van der Waals surface area (Å²) in [5.74, 6) is 0.214. The third kappa shape index (κ3) is 4.43. The highest BCUT2D eigenvalue weighted by atomic mass is 16.2. The number of hydrogen-bond donors (Lipinski definition) is 1. The molecule has 2 amide bonds. The van der Waals surface area contributed by atoms with Crippen LogP contribution in [0.15, 0.2) is 0 Å². The average Bonchev–Trinajstić information content (AvgIpc) is 2.55. The van der Waals surface area contributed by atoms with Gasteiger partial charge in [0, 0.05) is 26.7 Å². The maximum Gasteiger partial charge on any atom is 0.242 e. The summed E-state index contributed by atoms with van der Waals surface area (Å²) < 4.78 is 0. The van der Waals surface area contributed by atoms with Crippen LogP contribution in [0, 0.1) is 5.92 Å². The minimum absolute atomic E-state index is 0.0385. The second-order valence-corrected chi connectivity index (χ2v) is 6.53. The van der Waals surface area contributed by atoms with E-state index in [1.165, 1.54) is 19.3 Å². The Bertz CT molecular complexity index is 361. The number of carbonyl (C=O) groups excluding carboxylic acids is 2. The number of carbonyl (C=O) groups is 2. The number of nitrogens with one attached hydrogen (secondary N) is 1. The van der Waals surface area contributed by atoms with Crippen LogP contribution in [0.1, 0.15) is 44.9 Å². The van der Waals surface area contributed by atoms with Crippen LogP contribution in [-0.2, 0) is 9.59 Å². The zero-order valence-electron chi connectivity index (χ0n) is 13.4. The highest BCUT2D eigenvalue weighted by molar-refractivity contribution is 5.86. The van der Waals surface area contributed by atoms with Gasteiger partial charge in [0.05, 0.1) is 12.5 Å². The standard InChI is InChI=1S/C16H29N3O2/c1-18(16(21)13-7-6-10-17-11-13)12-15(20)19(2)14-8-4-3-5-9-14/h13-14,17H,3-12H2,1-2H3. The van der Waals surface area contributed by atoms with E-state index in [1.54, 1.807) is 11.9 Å². The first-order valence-corrected chi connectivity index (χ1v) is 8.31. The highest BCUT2D eigenvalue weighted by Crippen LogP contribution is 2.22. The van der Waals surface area contributed by atoms with Crippen molar-refractivity contribution in [3.05, 3.63) is 0 Å². The van der Waals surface area contributed by atoms with Crippen molar-refractivity contribution in [2.75, 3.05) is 33.7 Å². The Balaban J connectivity index is 1.81. The minimum Gasteiger partial charge on any atom is -0.341 e. The second-order valence-electron chi connectivity index (χ2n) is 6.53. The first-order valence-electron chi connectivity index (χ1n) is 8.31. The third-order valence-corrected chi connectivity index (χ3v) is 4.91. The predicted molar refractivity (Wildman–Crippen MR) is 82.9 cm³/mol. The Morgan fingerprint density at radius 3 is 2.38 bits per heavy atom. The van der Waals surface area contributed by atoms with Gasteiger partial charge in [-0.15, -0.1) is 0 Å². The molecule has 21 heavy (non-hydrogen) atoms. The van der Waals surface area contributed by atoms with Gasteiger partial charge >= 0.3 is 0 Å². The van der Waals surface area contributed by atoms with E-state index in [0.29, 0.717) is 6.04 Å². The molecule has 2 fully saturated rings. The molecule has 1 N–H and O–H groups in total. The fourth-order valence-corrected chi connectivity index (χ4v) is 3.44. The molecule has 1 aliphatic heterocycles. The van der Waals surface area contributed by atoms with Gasteiger partial charge in [0.15, 0.2) is 0 Å². The quantitative estimate of drug-likeness (QED) is 0.849. The first kappa shape index (κ1) is 16.3. The number of hydrogen-bond acceptors (Lipinski definition) is 3. The van der Waals surface area contributed by atoms with Crippen molar-refractivity contribution in [3.8, 4) is 0 Å². The lowest BCUT2D eigenvalue weighted by Gasteiger charge is -2.33. The van der Waals surface area contributed by atoms with Crippen LogP contribution in [0.25, 0.3) is 0 Å². The highest BCUT2D eigenvalue weighted by Gasteiger charge is 2.27. The SMILES string of the molecule is CN(CC(=O)N(C)C1CCCCC1)C(=O)C1CCCNC1. The molecule has 5 heteroatoms. The van der Waals surface area contributed by atoms with E-state index < -0.39 is 0 Å². The van der Waals surface area contributed by atoms with Gasteiger partial charge in [-0.25, -0.2) is 0 Å². The minimum atomic E-state index is 0.0385. The number of rotatable bonds is 4. The van der Waals surface area contributed by atoms with E-state index in [-0.39, 0.29) is 24.3 Å². The third-order valence-electron chi connectivity index (χ3n) is 4.91. The lowest BCUT2D eigenvalue weighted by molar-refractivity contribution is -0.142. The van der Waals surface area contributed by atoms with Crippen LogP contribution < -0.4 is 5.32 Å². The number of piperidine rings is 1. The summed E-state index contributed by atoms with van der Waals surface area (Å²) in [5, 5.41) is 3.26. The Kier molecular flexibility index (Phi) is 6.03. The average molecular weight is 295 g/mol. The van der Waals surface area contributed by atoms with Crippen LogP contribution >= 0.6 is 0 Å². The molecule has 1 aliphatic carbocycles. The molecule has 0 bridgehead atoms. The van der Waals surface area contributed by atoms with Crippen LogP contribution in [0.4, 0.5) is 0 Å². The molecule has 2 rings (SSSR count). The van der Waals surface area contributed by atoms with Gasteiger partial charge in [-0.1, -0.05) is 19.3 Å². The number of nitrogens with zero attached hydrogens (tertiary/aromatic N) is 2. The Morgan fingerprint density at radius 1 is 1.05 bits per heavy atom. The molecule has 1 heterocycles. The van der Waals surface area contributed by atoms with Crippen LogP contribution in [-0.4, -0.2) is 61.4 Å². The van der Waals surface area contributed by atoms with Crippen molar-refractivity contribution in [2.24, 2.45) is 5.92 Å². The van der Waals surface area contributed by atoms with E-state index >= 15 is 0 Å². The molecular formula is C16H29N3O2. The van der Waals surface area contributed by atoms with Crippen LogP contribution in [0.5, 0.6) is 0 Å². The molecule has 5 nitrogen and oxygen atoms in total. The molecule has 0 spiro atoms. The zero-order valence-corrected chi connectivity index (χ0v) is 13.4. The summed E-state index contributed by atoms with van der Waals surface area (Å²) >= 11 is 0. The lowest BCUT2D eigenvalue weighted by Crippen LogP contribution is -2.47. The second kappa shape index (κ2) is 7.78. The van der Waals surface area contributed by atoms with Gasteiger partial charge in [-0.2, -0.15) is 0 Å². The van der Waals surface area contributed by atoms with E-state index in [1.807, 2.05) is 11.9 Å². The maximum absolute atomic E-state index is 12.4. The lowest BCUT2D eigenvalue weighted by atomic mass is 9.94. The van der Waals surface area contributed by atoms with E-state index in [9.17, 15) is 9.59 Å². The largest absolute Gasteiger partial charge is 0.341 e. The molecule has 0 aromatic heterocycles. The predicted octanol–water partition coefficient (Wildman–Crippen LogP) is 1.24. The van der Waals surface area contributed by atoms with Crippen molar-refractivity contribution in [1.29, 1.82) is 0 Å². The topological polar surface area (TPSA) is 52.7 Å². The normalized spacial score (nSPS) is 23.6. The monoisotopic (exact) mass is 295 g/mol. The van der Waals surface area contributed by atoms with Crippen molar-refractivity contribution in [3.63, 3.8) is 0 Å².